The van der Waals surface area contributed by atoms with E-state index in [0.29, 0.717) is 28.2 Å². The van der Waals surface area contributed by atoms with Crippen LogP contribution in [-0.4, -0.2) is 44.6 Å². The average molecular weight is 606 g/mol. The molecular weight excluding hydrogens is 576 g/mol. The van der Waals surface area contributed by atoms with Crippen molar-refractivity contribution in [1.82, 2.24) is 5.43 Å². The Bertz CT molecular complexity index is 1480. The number of alkyl halides is 6. The molecule has 0 bridgehead atoms. The Kier molecular flexibility index (Phi) is 10.9. The number of amidine groups is 1. The Labute approximate surface area is 244 Å². The first-order chi connectivity index (χ1) is 20.3. The lowest BCUT2D eigenvalue weighted by atomic mass is 9.95. The molecule has 0 atom stereocenters. The predicted octanol–water partition coefficient (Wildman–Crippen LogP) is 7.88. The molecule has 0 aromatic heterocycles. The van der Waals surface area contributed by atoms with Crippen LogP contribution in [0.1, 0.15) is 23.1 Å². The average Bonchev–Trinajstić information content (AvgIpc) is 2.92. The molecular formula is C30H29F6N5O2. The first kappa shape index (κ1) is 32.7. The number of rotatable bonds is 10. The Hall–Kier alpha value is -4.81. The van der Waals surface area contributed by atoms with Crippen LogP contribution in [0.15, 0.2) is 82.9 Å². The van der Waals surface area contributed by atoms with Gasteiger partial charge in [-0.25, -0.2) is 4.79 Å². The molecule has 0 heterocycles. The van der Waals surface area contributed by atoms with Crippen molar-refractivity contribution in [2.45, 2.75) is 32.1 Å². The topological polar surface area (TPSA) is 87.1 Å². The fourth-order valence-corrected chi connectivity index (χ4v) is 4.02. The summed E-state index contributed by atoms with van der Waals surface area (Å²) in [6.07, 6.45) is -10.0. The Morgan fingerprint density at radius 1 is 1.00 bits per heavy atom. The molecule has 0 aliphatic carbocycles. The van der Waals surface area contributed by atoms with Gasteiger partial charge < -0.3 is 15.4 Å². The number of hydrazone groups is 1. The van der Waals surface area contributed by atoms with Crippen LogP contribution in [0, 0.1) is 6.92 Å². The molecule has 0 radical (unpaired) electrons. The molecule has 0 unspecified atom stereocenters. The summed E-state index contributed by atoms with van der Waals surface area (Å²) in [6.45, 7) is 4.43. The fraction of sp³-hybridized carbons (Fsp3) is 0.233. The number of halogens is 6. The number of amides is 2. The SMILES string of the molecule is C=NNC(=NC)c1ccccc1-c1cc(C/C=C/C(F)(F)F)c(OCCC(F)(F)F)c(NC(=O)Nc2ccc(C)cc2)c1. The van der Waals surface area contributed by atoms with Gasteiger partial charge in [0.05, 0.1) is 18.7 Å². The van der Waals surface area contributed by atoms with Crippen molar-refractivity contribution in [1.29, 1.82) is 0 Å². The van der Waals surface area contributed by atoms with E-state index < -0.39 is 31.4 Å². The van der Waals surface area contributed by atoms with Gasteiger partial charge in [-0.3, -0.25) is 10.4 Å². The van der Waals surface area contributed by atoms with Gasteiger partial charge in [0.15, 0.2) is 0 Å². The van der Waals surface area contributed by atoms with E-state index in [2.05, 4.69) is 32.9 Å². The Morgan fingerprint density at radius 2 is 1.70 bits per heavy atom. The van der Waals surface area contributed by atoms with Crippen LogP contribution in [0.25, 0.3) is 11.1 Å². The molecule has 3 N–H and O–H groups in total. The van der Waals surface area contributed by atoms with Crippen LogP contribution in [0.4, 0.5) is 42.5 Å². The van der Waals surface area contributed by atoms with Gasteiger partial charge in [-0.1, -0.05) is 48.0 Å². The highest BCUT2D eigenvalue weighted by Crippen LogP contribution is 2.38. The zero-order chi connectivity index (χ0) is 31.6. The zero-order valence-corrected chi connectivity index (χ0v) is 23.2. The number of hydrogen-bond donors (Lipinski definition) is 3. The molecule has 228 valence electrons. The third kappa shape index (κ3) is 10.2. The smallest absolute Gasteiger partial charge is 0.409 e. The van der Waals surface area contributed by atoms with Gasteiger partial charge in [-0.15, -0.1) is 0 Å². The first-order valence-corrected chi connectivity index (χ1v) is 12.8. The summed E-state index contributed by atoms with van der Waals surface area (Å²) in [5.41, 5.74) is 5.58. The van der Waals surface area contributed by atoms with Crippen LogP contribution in [0.5, 0.6) is 5.75 Å². The van der Waals surface area contributed by atoms with Crippen LogP contribution in [0.3, 0.4) is 0 Å². The van der Waals surface area contributed by atoms with Crippen molar-refractivity contribution >= 4 is 30.0 Å². The van der Waals surface area contributed by atoms with Crippen molar-refractivity contribution in [2.24, 2.45) is 10.1 Å². The van der Waals surface area contributed by atoms with Gasteiger partial charge in [0.1, 0.15) is 11.6 Å². The predicted molar refractivity (Wildman–Crippen MR) is 156 cm³/mol. The van der Waals surface area contributed by atoms with E-state index in [1.807, 2.05) is 6.92 Å². The van der Waals surface area contributed by atoms with Crippen LogP contribution < -0.4 is 20.8 Å². The van der Waals surface area contributed by atoms with Gasteiger partial charge in [0.25, 0.3) is 0 Å². The minimum atomic E-state index is -4.62. The normalized spacial score (nSPS) is 12.2. The number of ether oxygens (including phenoxy) is 1. The Balaban J connectivity index is 2.16. The number of nitrogens with one attached hydrogen (secondary N) is 3. The molecule has 0 aliphatic rings. The Morgan fingerprint density at radius 3 is 2.33 bits per heavy atom. The molecule has 13 heteroatoms. The van der Waals surface area contributed by atoms with E-state index in [1.165, 1.54) is 19.2 Å². The molecule has 7 nitrogen and oxygen atoms in total. The zero-order valence-electron chi connectivity index (χ0n) is 23.2. The van der Waals surface area contributed by atoms with Gasteiger partial charge in [0, 0.05) is 36.7 Å². The number of allylic oxidation sites excluding steroid dienone is 2. The number of nitrogens with zero attached hydrogens (tertiary/aromatic N) is 2. The second kappa shape index (κ2) is 14.4. The summed E-state index contributed by atoms with van der Waals surface area (Å²) >= 11 is 0. The van der Waals surface area contributed by atoms with Crippen molar-refractivity contribution in [2.75, 3.05) is 24.3 Å². The quantitative estimate of drug-likeness (QED) is 0.0723. The van der Waals surface area contributed by atoms with E-state index in [1.54, 1.807) is 48.5 Å². The van der Waals surface area contributed by atoms with Crippen LogP contribution in [0.2, 0.25) is 0 Å². The van der Waals surface area contributed by atoms with Crippen LogP contribution in [-0.2, 0) is 6.42 Å². The maximum absolute atomic E-state index is 13.0. The summed E-state index contributed by atoms with van der Waals surface area (Å²) in [5.74, 6) is 0.118. The summed E-state index contributed by atoms with van der Waals surface area (Å²) in [4.78, 5) is 17.2. The number of anilines is 2. The summed E-state index contributed by atoms with van der Waals surface area (Å²) in [6, 6.07) is 15.9. The summed E-state index contributed by atoms with van der Waals surface area (Å²) in [7, 11) is 1.51. The number of carbonyl (C=O) groups excluding carboxylic acids is 1. The molecule has 43 heavy (non-hydrogen) atoms. The van der Waals surface area contributed by atoms with E-state index >= 15 is 0 Å². The summed E-state index contributed by atoms with van der Waals surface area (Å²) < 4.78 is 83.1. The number of hydrogen-bond acceptors (Lipinski definition) is 4. The monoisotopic (exact) mass is 605 g/mol. The second-order valence-electron chi connectivity index (χ2n) is 9.21. The third-order valence-corrected chi connectivity index (χ3v) is 5.90. The van der Waals surface area contributed by atoms with E-state index in [-0.39, 0.29) is 29.5 Å². The molecule has 2 amide bonds. The van der Waals surface area contributed by atoms with Crippen molar-refractivity contribution < 1.29 is 35.9 Å². The van der Waals surface area contributed by atoms with Gasteiger partial charge in [0.2, 0.25) is 0 Å². The molecule has 0 saturated carbocycles. The number of urea groups is 1. The van der Waals surface area contributed by atoms with Crippen LogP contribution >= 0.6 is 0 Å². The van der Waals surface area contributed by atoms with E-state index in [9.17, 15) is 31.1 Å². The molecule has 3 aromatic carbocycles. The highest BCUT2D eigenvalue weighted by Gasteiger charge is 2.28. The molecule has 0 fully saturated rings. The number of aryl methyl sites for hydroxylation is 1. The molecule has 0 saturated heterocycles. The largest absolute Gasteiger partial charge is 0.491 e. The second-order valence-corrected chi connectivity index (χ2v) is 9.21. The number of aliphatic imine (C=N–C) groups is 1. The van der Waals surface area contributed by atoms with Crippen molar-refractivity contribution in [3.63, 3.8) is 0 Å². The van der Waals surface area contributed by atoms with Gasteiger partial charge in [-0.2, -0.15) is 31.4 Å². The molecule has 3 aromatic rings. The third-order valence-electron chi connectivity index (χ3n) is 5.90. The van der Waals surface area contributed by atoms with Gasteiger partial charge in [-0.05, 0) is 48.7 Å². The lowest BCUT2D eigenvalue weighted by Gasteiger charge is -2.20. The highest BCUT2D eigenvalue weighted by molar-refractivity contribution is 6.05. The lowest BCUT2D eigenvalue weighted by Crippen LogP contribution is -2.21. The molecule has 3 rings (SSSR count). The molecule has 0 aliphatic heterocycles. The number of benzene rings is 3. The molecule has 0 spiro atoms. The standard InChI is InChI=1S/C30H29F6N5O2/c1-19-10-12-22(13-11-19)39-28(42)40-25-18-21(23-8-4-5-9-24(23)27(37-2)41-38-3)17-20(7-6-14-29(31,32)33)26(25)43-16-15-30(34,35)36/h4-6,8-14,17-18H,3,7,15-16H2,1-2H3,(H,37,41)(H2,39,40,42)/b14-6+. The van der Waals surface area contributed by atoms with E-state index in [0.717, 1.165) is 11.6 Å². The highest BCUT2D eigenvalue weighted by atomic mass is 19.4. The number of carbonyl (C=O) groups is 1. The maximum atomic E-state index is 13.0. The maximum Gasteiger partial charge on any atom is 0.409 e. The minimum Gasteiger partial charge on any atom is -0.491 e. The fourth-order valence-electron chi connectivity index (χ4n) is 4.02. The van der Waals surface area contributed by atoms with E-state index in [4.69, 9.17) is 4.74 Å². The van der Waals surface area contributed by atoms with Gasteiger partial charge >= 0.3 is 18.4 Å². The lowest BCUT2D eigenvalue weighted by molar-refractivity contribution is -0.139. The first-order valence-electron chi connectivity index (χ1n) is 12.8. The summed E-state index contributed by atoms with van der Waals surface area (Å²) in [5, 5.41) is 8.86. The minimum absolute atomic E-state index is 0.0197. The van der Waals surface area contributed by atoms with Crippen molar-refractivity contribution in [3.05, 3.63) is 89.5 Å². The van der Waals surface area contributed by atoms with Crippen molar-refractivity contribution in [3.8, 4) is 16.9 Å².